The first kappa shape index (κ1) is 25.8. The molecule has 0 spiro atoms. The van der Waals surface area contributed by atoms with Gasteiger partial charge in [0, 0.05) is 30.9 Å². The molecule has 0 radical (unpaired) electrons. The lowest BCUT2D eigenvalue weighted by atomic mass is 10.1. The molecule has 0 aliphatic heterocycles. The molecule has 1 aromatic rings. The predicted molar refractivity (Wildman–Crippen MR) is 112 cm³/mol. The van der Waals surface area contributed by atoms with Gasteiger partial charge in [-0.2, -0.15) is 0 Å². The van der Waals surface area contributed by atoms with Gasteiger partial charge in [0.1, 0.15) is 23.8 Å². The van der Waals surface area contributed by atoms with E-state index in [9.17, 15) is 18.8 Å². The van der Waals surface area contributed by atoms with Crippen LogP contribution >= 0.6 is 0 Å². The summed E-state index contributed by atoms with van der Waals surface area (Å²) >= 11 is 0. The summed E-state index contributed by atoms with van der Waals surface area (Å²) in [4.78, 5) is 33.6. The highest BCUT2D eigenvalue weighted by molar-refractivity contribution is 5.74. The Balaban J connectivity index is 2.76. The number of nitrogens with one attached hydrogen (secondary N) is 1. The molecule has 0 heterocycles. The molecular formula is C22H29FN2O6. The number of rotatable bonds is 10. The molecule has 0 aliphatic rings. The van der Waals surface area contributed by atoms with E-state index in [-0.39, 0.29) is 31.6 Å². The standard InChI is InChI=1S/C22H29FN2O6/c1-22(2,3)31-21(29)25-17(9-10-19(24)26)14-30-18-12-15(11-16(23)13-18)7-5-4-6-8-20(27)28/h11-13,17H,4,6,8-10,14H2,1-3H3,(H2,24,26)(H,25,29)(H,27,28). The van der Waals surface area contributed by atoms with E-state index >= 15 is 0 Å². The summed E-state index contributed by atoms with van der Waals surface area (Å²) in [5, 5.41) is 11.2. The van der Waals surface area contributed by atoms with Gasteiger partial charge in [-0.3, -0.25) is 9.59 Å². The van der Waals surface area contributed by atoms with Crippen molar-refractivity contribution in [1.29, 1.82) is 0 Å². The number of halogens is 1. The third-order valence-corrected chi connectivity index (χ3v) is 3.71. The van der Waals surface area contributed by atoms with Crippen LogP contribution < -0.4 is 15.8 Å². The average molecular weight is 436 g/mol. The molecule has 9 heteroatoms. The Morgan fingerprint density at radius 3 is 2.55 bits per heavy atom. The van der Waals surface area contributed by atoms with E-state index in [1.54, 1.807) is 20.8 Å². The van der Waals surface area contributed by atoms with Gasteiger partial charge in [-0.25, -0.2) is 9.18 Å². The Morgan fingerprint density at radius 2 is 1.94 bits per heavy atom. The minimum absolute atomic E-state index is 0.0174. The van der Waals surface area contributed by atoms with Gasteiger partial charge in [0.25, 0.3) is 0 Å². The Bertz CT molecular complexity index is 839. The molecule has 2 amide bonds. The van der Waals surface area contributed by atoms with Crippen molar-refractivity contribution < 1.29 is 33.4 Å². The maximum absolute atomic E-state index is 13.9. The number of aliphatic carboxylic acids is 1. The molecule has 4 N–H and O–H groups in total. The average Bonchev–Trinajstić information content (AvgIpc) is 2.61. The molecule has 0 aromatic heterocycles. The fourth-order valence-electron chi connectivity index (χ4n) is 2.40. The van der Waals surface area contributed by atoms with E-state index in [0.29, 0.717) is 18.4 Å². The van der Waals surface area contributed by atoms with E-state index in [1.165, 1.54) is 18.2 Å². The first-order valence-corrected chi connectivity index (χ1v) is 9.86. The number of carboxylic acid groups (broad SMARTS) is 1. The highest BCUT2D eigenvalue weighted by Gasteiger charge is 2.20. The zero-order chi connectivity index (χ0) is 23.4. The van der Waals surface area contributed by atoms with Gasteiger partial charge >= 0.3 is 12.1 Å². The first-order chi connectivity index (χ1) is 14.4. The van der Waals surface area contributed by atoms with Gasteiger partial charge in [0.05, 0.1) is 6.04 Å². The normalized spacial score (nSPS) is 11.6. The molecular weight excluding hydrogens is 407 g/mol. The molecule has 1 atom stereocenters. The summed E-state index contributed by atoms with van der Waals surface area (Å²) in [5.41, 5.74) is 4.86. The zero-order valence-corrected chi connectivity index (χ0v) is 18.0. The predicted octanol–water partition coefficient (Wildman–Crippen LogP) is 2.97. The molecule has 0 fully saturated rings. The van der Waals surface area contributed by atoms with Crippen LogP contribution in [0.4, 0.5) is 9.18 Å². The largest absolute Gasteiger partial charge is 0.491 e. The highest BCUT2D eigenvalue weighted by Crippen LogP contribution is 2.17. The van der Waals surface area contributed by atoms with Crippen LogP contribution in [0.3, 0.4) is 0 Å². The zero-order valence-electron chi connectivity index (χ0n) is 18.0. The molecule has 170 valence electrons. The van der Waals surface area contributed by atoms with Crippen molar-refractivity contribution in [3.8, 4) is 17.6 Å². The van der Waals surface area contributed by atoms with Gasteiger partial charge < -0.3 is 25.6 Å². The van der Waals surface area contributed by atoms with Crippen LogP contribution in [0.15, 0.2) is 18.2 Å². The number of alkyl carbamates (subject to hydrolysis) is 1. The number of primary amides is 1. The Kier molecular flexibility index (Phi) is 10.3. The minimum atomic E-state index is -0.894. The van der Waals surface area contributed by atoms with Gasteiger partial charge in [0.2, 0.25) is 5.91 Å². The second kappa shape index (κ2) is 12.4. The Labute approximate surface area is 181 Å². The molecule has 1 rings (SSSR count). The van der Waals surface area contributed by atoms with E-state index in [2.05, 4.69) is 17.2 Å². The van der Waals surface area contributed by atoms with Crippen molar-refractivity contribution >= 4 is 18.0 Å². The second-order valence-corrected chi connectivity index (χ2v) is 7.88. The number of carboxylic acids is 1. The van der Waals surface area contributed by atoms with Crippen molar-refractivity contribution in [3.63, 3.8) is 0 Å². The first-order valence-electron chi connectivity index (χ1n) is 9.86. The molecule has 31 heavy (non-hydrogen) atoms. The molecule has 0 aliphatic carbocycles. The molecule has 8 nitrogen and oxygen atoms in total. The van der Waals surface area contributed by atoms with Crippen LogP contribution in [0.25, 0.3) is 0 Å². The lowest BCUT2D eigenvalue weighted by molar-refractivity contribution is -0.137. The Hall–Kier alpha value is -3.28. The topological polar surface area (TPSA) is 128 Å². The third kappa shape index (κ3) is 12.8. The number of benzene rings is 1. The molecule has 0 saturated carbocycles. The van der Waals surface area contributed by atoms with E-state index in [1.807, 2.05) is 0 Å². The number of unbranched alkanes of at least 4 members (excludes halogenated alkanes) is 1. The van der Waals surface area contributed by atoms with E-state index < -0.39 is 35.4 Å². The van der Waals surface area contributed by atoms with Gasteiger partial charge in [-0.1, -0.05) is 11.8 Å². The van der Waals surface area contributed by atoms with E-state index in [0.717, 1.165) is 0 Å². The number of hydrogen-bond donors (Lipinski definition) is 3. The summed E-state index contributed by atoms with van der Waals surface area (Å²) in [5.74, 6) is 3.79. The molecule has 0 saturated heterocycles. The number of ether oxygens (including phenoxy) is 2. The number of nitrogens with two attached hydrogens (primary N) is 1. The maximum atomic E-state index is 13.9. The third-order valence-electron chi connectivity index (χ3n) is 3.71. The van der Waals surface area contributed by atoms with Crippen LogP contribution in [-0.2, 0) is 14.3 Å². The van der Waals surface area contributed by atoms with Crippen molar-refractivity contribution in [2.75, 3.05) is 6.61 Å². The number of carbonyl (C=O) groups is 3. The Morgan fingerprint density at radius 1 is 1.23 bits per heavy atom. The minimum Gasteiger partial charge on any atom is -0.491 e. The molecule has 1 unspecified atom stereocenters. The second-order valence-electron chi connectivity index (χ2n) is 7.88. The van der Waals surface area contributed by atoms with Crippen molar-refractivity contribution in [3.05, 3.63) is 29.6 Å². The fourth-order valence-corrected chi connectivity index (χ4v) is 2.40. The van der Waals surface area contributed by atoms with Crippen LogP contribution in [0.2, 0.25) is 0 Å². The highest BCUT2D eigenvalue weighted by atomic mass is 19.1. The fraction of sp³-hybridized carbons (Fsp3) is 0.500. The summed E-state index contributed by atoms with van der Waals surface area (Å²) in [6, 6.07) is 3.36. The van der Waals surface area contributed by atoms with Crippen molar-refractivity contribution in [2.24, 2.45) is 5.73 Å². The van der Waals surface area contributed by atoms with Gasteiger partial charge in [0.15, 0.2) is 0 Å². The van der Waals surface area contributed by atoms with Gasteiger partial charge in [-0.15, -0.1) is 0 Å². The van der Waals surface area contributed by atoms with Gasteiger partial charge in [-0.05, 0) is 45.7 Å². The quantitative estimate of drug-likeness (QED) is 0.382. The van der Waals surface area contributed by atoms with Crippen molar-refractivity contribution in [2.45, 2.75) is 64.5 Å². The van der Waals surface area contributed by atoms with Crippen molar-refractivity contribution in [1.82, 2.24) is 5.32 Å². The van der Waals surface area contributed by atoms with Crippen LogP contribution in [-0.4, -0.2) is 41.3 Å². The summed E-state index contributed by atoms with van der Waals surface area (Å²) in [6.07, 6.45) is 0.370. The molecule has 1 aromatic carbocycles. The lowest BCUT2D eigenvalue weighted by Crippen LogP contribution is -2.42. The number of carbonyl (C=O) groups excluding carboxylic acids is 2. The lowest BCUT2D eigenvalue weighted by Gasteiger charge is -2.23. The summed E-state index contributed by atoms with van der Waals surface area (Å²) in [7, 11) is 0. The van der Waals surface area contributed by atoms with Crippen LogP contribution in [0.5, 0.6) is 5.75 Å². The van der Waals surface area contributed by atoms with E-state index in [4.69, 9.17) is 20.3 Å². The number of amides is 2. The number of hydrogen-bond acceptors (Lipinski definition) is 5. The van der Waals surface area contributed by atoms with Crippen LogP contribution in [0.1, 0.15) is 58.4 Å². The summed E-state index contributed by atoms with van der Waals surface area (Å²) in [6.45, 7) is 5.12. The maximum Gasteiger partial charge on any atom is 0.407 e. The smallest absolute Gasteiger partial charge is 0.407 e. The SMILES string of the molecule is CC(C)(C)OC(=O)NC(CCC(N)=O)COc1cc(F)cc(C#CCCCC(=O)O)c1. The molecule has 0 bridgehead atoms. The van der Waals surface area contributed by atoms with Crippen LogP contribution in [0, 0.1) is 17.7 Å². The summed E-state index contributed by atoms with van der Waals surface area (Å²) < 4.78 is 24.7. The monoisotopic (exact) mass is 436 g/mol.